The Hall–Kier alpha value is -1.55. The second kappa shape index (κ2) is 10.6. The molecule has 1 fully saturated rings. The minimum atomic E-state index is -5.08. The van der Waals surface area contributed by atoms with Crippen molar-refractivity contribution >= 4 is 17.6 Å². The number of piperidine rings is 1. The summed E-state index contributed by atoms with van der Waals surface area (Å²) in [4.78, 5) is 11.1. The number of nitrogens with zero attached hydrogens (tertiary/aromatic N) is 1. The van der Waals surface area contributed by atoms with Gasteiger partial charge in [-0.1, -0.05) is 11.6 Å². The lowest BCUT2D eigenvalue weighted by Gasteiger charge is -2.31. The lowest BCUT2D eigenvalue weighted by Crippen LogP contribution is -2.44. The summed E-state index contributed by atoms with van der Waals surface area (Å²) in [6, 6.07) is 7.47. The van der Waals surface area contributed by atoms with Crippen molar-refractivity contribution < 1.29 is 32.9 Å². The summed E-state index contributed by atoms with van der Waals surface area (Å²) in [6.45, 7) is 2.85. The molecule has 4 N–H and O–H groups in total. The summed E-state index contributed by atoms with van der Waals surface area (Å²) in [5, 5.41) is 17.8. The number of nitrogens with two attached hydrogens (primary N) is 1. The smallest absolute Gasteiger partial charge is 0.490 e. The summed E-state index contributed by atoms with van der Waals surface area (Å²) < 4.78 is 37.3. The summed E-state index contributed by atoms with van der Waals surface area (Å²) in [7, 11) is 0. The Labute approximate surface area is 154 Å². The average molecular weight is 399 g/mol. The summed E-state index contributed by atoms with van der Waals surface area (Å²) in [6.07, 6.45) is -3.56. The molecule has 1 heterocycles. The summed E-state index contributed by atoms with van der Waals surface area (Å²) in [5.74, 6) is -2.03. The third-order valence-electron chi connectivity index (χ3n) is 3.60. The van der Waals surface area contributed by atoms with E-state index in [4.69, 9.17) is 32.0 Å². The molecule has 1 unspecified atom stereocenters. The topological polar surface area (TPSA) is 96.0 Å². The van der Waals surface area contributed by atoms with E-state index in [-0.39, 0.29) is 0 Å². The molecule has 1 aliphatic rings. The van der Waals surface area contributed by atoms with Crippen LogP contribution in [-0.2, 0) is 4.79 Å². The number of carboxylic acids is 1. The van der Waals surface area contributed by atoms with E-state index in [1.807, 2.05) is 0 Å². The molecule has 1 atom stereocenters. The minimum Gasteiger partial charge on any atom is -0.491 e. The first-order valence-electron chi connectivity index (χ1n) is 7.92. The predicted molar refractivity (Wildman–Crippen MR) is 90.3 cm³/mol. The third kappa shape index (κ3) is 9.23. The number of carboxylic acid groups (broad SMARTS) is 1. The number of halogens is 4. The van der Waals surface area contributed by atoms with Crippen molar-refractivity contribution in [2.45, 2.75) is 31.2 Å². The van der Waals surface area contributed by atoms with Gasteiger partial charge in [0.1, 0.15) is 18.5 Å². The number of ether oxygens (including phenoxy) is 1. The Morgan fingerprint density at radius 1 is 1.31 bits per heavy atom. The standard InChI is InChI=1S/C14H21ClN2O2.C2HF3O2/c15-11-1-3-14(4-2-11)19-10-13(18)9-17-7-5-12(16)6-8-17;3-2(4,5)1(6)7/h1-4,12-13,18H,5-10,16H2;(H,6,7). The fourth-order valence-corrected chi connectivity index (χ4v) is 2.34. The maximum Gasteiger partial charge on any atom is 0.490 e. The van der Waals surface area contributed by atoms with Gasteiger partial charge >= 0.3 is 12.1 Å². The van der Waals surface area contributed by atoms with Crippen molar-refractivity contribution in [1.29, 1.82) is 0 Å². The number of β-amino-alcohol motifs (C(OH)–C–C–N with tert-alkyl or cyclic N) is 1. The Morgan fingerprint density at radius 3 is 2.27 bits per heavy atom. The van der Waals surface area contributed by atoms with E-state index < -0.39 is 18.2 Å². The van der Waals surface area contributed by atoms with E-state index in [9.17, 15) is 18.3 Å². The van der Waals surface area contributed by atoms with Crippen LogP contribution in [0.2, 0.25) is 5.02 Å². The molecule has 0 radical (unpaired) electrons. The number of alkyl halides is 3. The molecular formula is C16H22ClF3N2O4. The number of rotatable bonds is 5. The molecule has 0 amide bonds. The number of hydrogen-bond acceptors (Lipinski definition) is 5. The Morgan fingerprint density at radius 2 is 1.81 bits per heavy atom. The largest absolute Gasteiger partial charge is 0.491 e. The van der Waals surface area contributed by atoms with Gasteiger partial charge < -0.3 is 25.6 Å². The molecule has 0 spiro atoms. The van der Waals surface area contributed by atoms with Crippen LogP contribution in [0.3, 0.4) is 0 Å². The van der Waals surface area contributed by atoms with Gasteiger partial charge in [-0.05, 0) is 50.2 Å². The normalized spacial score (nSPS) is 17.2. The van der Waals surface area contributed by atoms with Crippen LogP contribution in [0, 0.1) is 0 Å². The van der Waals surface area contributed by atoms with E-state index in [0.29, 0.717) is 24.2 Å². The van der Waals surface area contributed by atoms with E-state index in [1.165, 1.54) is 0 Å². The first kappa shape index (κ1) is 22.5. The van der Waals surface area contributed by atoms with Crippen molar-refractivity contribution in [3.05, 3.63) is 29.3 Å². The zero-order valence-electron chi connectivity index (χ0n) is 14.0. The van der Waals surface area contributed by atoms with Crippen LogP contribution in [0.5, 0.6) is 5.75 Å². The van der Waals surface area contributed by atoms with Crippen molar-refractivity contribution in [2.75, 3.05) is 26.2 Å². The van der Waals surface area contributed by atoms with Gasteiger partial charge in [-0.25, -0.2) is 4.79 Å². The lowest BCUT2D eigenvalue weighted by molar-refractivity contribution is -0.192. The number of aliphatic carboxylic acids is 1. The second-order valence-electron chi connectivity index (χ2n) is 5.86. The van der Waals surface area contributed by atoms with Gasteiger partial charge in [-0.15, -0.1) is 0 Å². The molecule has 0 bridgehead atoms. The second-order valence-corrected chi connectivity index (χ2v) is 6.30. The van der Waals surface area contributed by atoms with Gasteiger partial charge in [0.05, 0.1) is 0 Å². The zero-order valence-corrected chi connectivity index (χ0v) is 14.7. The minimum absolute atomic E-state index is 0.296. The predicted octanol–water partition coefficient (Wildman–Crippen LogP) is 2.14. The highest BCUT2D eigenvalue weighted by Gasteiger charge is 2.38. The van der Waals surface area contributed by atoms with Crippen LogP contribution in [0.1, 0.15) is 12.8 Å². The van der Waals surface area contributed by atoms with Gasteiger partial charge in [-0.3, -0.25) is 0 Å². The highest BCUT2D eigenvalue weighted by atomic mass is 35.5. The fraction of sp³-hybridized carbons (Fsp3) is 0.562. The van der Waals surface area contributed by atoms with E-state index >= 15 is 0 Å². The number of carbonyl (C=O) groups is 1. The first-order valence-corrected chi connectivity index (χ1v) is 8.30. The zero-order chi connectivity index (χ0) is 19.7. The molecule has 0 aliphatic carbocycles. The molecular weight excluding hydrogens is 377 g/mol. The van der Waals surface area contributed by atoms with Crippen LogP contribution in [0.25, 0.3) is 0 Å². The third-order valence-corrected chi connectivity index (χ3v) is 3.85. The maximum atomic E-state index is 10.6. The molecule has 1 aromatic carbocycles. The Balaban J connectivity index is 0.000000412. The van der Waals surface area contributed by atoms with Crippen LogP contribution in [0.15, 0.2) is 24.3 Å². The van der Waals surface area contributed by atoms with Crippen LogP contribution >= 0.6 is 11.6 Å². The number of hydrogen-bond donors (Lipinski definition) is 3. The summed E-state index contributed by atoms with van der Waals surface area (Å²) in [5.41, 5.74) is 5.85. The molecule has 10 heteroatoms. The molecule has 1 aliphatic heterocycles. The molecule has 26 heavy (non-hydrogen) atoms. The van der Waals surface area contributed by atoms with Crippen molar-refractivity contribution in [3.63, 3.8) is 0 Å². The molecule has 0 aromatic heterocycles. The van der Waals surface area contributed by atoms with Gasteiger partial charge in [0.15, 0.2) is 0 Å². The number of benzene rings is 1. The highest BCUT2D eigenvalue weighted by molar-refractivity contribution is 6.30. The number of aliphatic hydroxyl groups excluding tert-OH is 1. The Kier molecular flexibility index (Phi) is 9.14. The monoisotopic (exact) mass is 398 g/mol. The molecule has 148 valence electrons. The molecule has 1 saturated heterocycles. The van der Waals surface area contributed by atoms with Crippen molar-refractivity contribution in [2.24, 2.45) is 5.73 Å². The average Bonchev–Trinajstić information content (AvgIpc) is 2.56. The fourth-order valence-electron chi connectivity index (χ4n) is 2.21. The number of aliphatic hydroxyl groups is 1. The highest BCUT2D eigenvalue weighted by Crippen LogP contribution is 2.16. The first-order chi connectivity index (χ1) is 12.1. The number of likely N-dealkylation sites (tertiary alicyclic amines) is 1. The van der Waals surface area contributed by atoms with Gasteiger partial charge in [-0.2, -0.15) is 13.2 Å². The van der Waals surface area contributed by atoms with Crippen molar-refractivity contribution in [1.82, 2.24) is 4.90 Å². The van der Waals surface area contributed by atoms with Gasteiger partial charge in [0.25, 0.3) is 0 Å². The van der Waals surface area contributed by atoms with Gasteiger partial charge in [0.2, 0.25) is 0 Å². The maximum absolute atomic E-state index is 10.6. The lowest BCUT2D eigenvalue weighted by atomic mass is 10.1. The molecule has 6 nitrogen and oxygen atoms in total. The Bertz CT molecular complexity index is 549. The summed E-state index contributed by atoms with van der Waals surface area (Å²) >= 11 is 5.79. The van der Waals surface area contributed by atoms with Crippen LogP contribution in [-0.4, -0.2) is 65.6 Å². The van der Waals surface area contributed by atoms with E-state index in [2.05, 4.69) is 4.90 Å². The van der Waals surface area contributed by atoms with E-state index in [1.54, 1.807) is 24.3 Å². The molecule has 1 aromatic rings. The molecule has 2 rings (SSSR count). The van der Waals surface area contributed by atoms with Crippen LogP contribution in [0.4, 0.5) is 13.2 Å². The SMILES string of the molecule is NC1CCN(CC(O)COc2ccc(Cl)cc2)CC1.O=C(O)C(F)(F)F. The molecule has 0 saturated carbocycles. The van der Waals surface area contributed by atoms with Crippen molar-refractivity contribution in [3.8, 4) is 5.75 Å². The van der Waals surface area contributed by atoms with Crippen LogP contribution < -0.4 is 10.5 Å². The van der Waals surface area contributed by atoms with E-state index in [0.717, 1.165) is 31.7 Å². The quantitative estimate of drug-likeness (QED) is 0.703. The van der Waals surface area contributed by atoms with Gasteiger partial charge in [0, 0.05) is 17.6 Å².